The number of carbonyl (C=O) groups excluding carboxylic acids is 2. The molecule has 0 radical (unpaired) electrons. The van der Waals surface area contributed by atoms with E-state index in [1.54, 1.807) is 0 Å². The molecule has 1 unspecified atom stereocenters. The van der Waals surface area contributed by atoms with E-state index in [1.807, 2.05) is 0 Å². The quantitative estimate of drug-likeness (QED) is 0.765. The van der Waals surface area contributed by atoms with E-state index in [2.05, 4.69) is 14.8 Å². The van der Waals surface area contributed by atoms with E-state index in [1.165, 1.54) is 27.0 Å². The van der Waals surface area contributed by atoms with E-state index in [4.69, 9.17) is 0 Å². The van der Waals surface area contributed by atoms with Crippen molar-refractivity contribution in [1.29, 1.82) is 0 Å². The second kappa shape index (κ2) is 7.21. The summed E-state index contributed by atoms with van der Waals surface area (Å²) in [5.41, 5.74) is -0.0732. The molecule has 22 heavy (non-hydrogen) atoms. The van der Waals surface area contributed by atoms with Crippen LogP contribution in [0.3, 0.4) is 0 Å². The molecule has 122 valence electrons. The van der Waals surface area contributed by atoms with Crippen LogP contribution in [0.25, 0.3) is 0 Å². The van der Waals surface area contributed by atoms with Gasteiger partial charge in [-0.15, -0.1) is 0 Å². The second-order valence-electron chi connectivity index (χ2n) is 4.68. The first-order chi connectivity index (χ1) is 10.1. The molecule has 0 aliphatic carbocycles. The number of anilines is 2. The van der Waals surface area contributed by atoms with Crippen LogP contribution in [-0.4, -0.2) is 33.2 Å². The fourth-order valence-electron chi connectivity index (χ4n) is 1.69. The van der Waals surface area contributed by atoms with Crippen molar-refractivity contribution in [2.24, 2.45) is 5.92 Å². The zero-order valence-electron chi connectivity index (χ0n) is 12.3. The van der Waals surface area contributed by atoms with E-state index in [0.717, 1.165) is 12.1 Å². The minimum Gasteiger partial charge on any atom is -0.469 e. The lowest BCUT2D eigenvalue weighted by molar-refractivity contribution is -0.144. The van der Waals surface area contributed by atoms with Gasteiger partial charge in [-0.05, 0) is 18.2 Å². The molecule has 7 nitrogen and oxygen atoms in total. The van der Waals surface area contributed by atoms with Crippen LogP contribution in [0.15, 0.2) is 18.2 Å². The molecule has 0 aromatic heterocycles. The zero-order valence-corrected chi connectivity index (χ0v) is 13.2. The number of methoxy groups -OCH3 is 1. The third-order valence-electron chi connectivity index (χ3n) is 2.62. The summed E-state index contributed by atoms with van der Waals surface area (Å²) in [6.07, 6.45) is 0. The summed E-state index contributed by atoms with van der Waals surface area (Å²) in [6, 6.07) is 3.38. The predicted octanol–water partition coefficient (Wildman–Crippen LogP) is 1.33. The number of amides is 1. The Morgan fingerprint density at radius 1 is 1.36 bits per heavy atom. The lowest BCUT2D eigenvalue weighted by Gasteiger charge is -2.13. The van der Waals surface area contributed by atoms with E-state index in [-0.39, 0.29) is 11.4 Å². The highest BCUT2D eigenvalue weighted by Crippen LogP contribution is 2.21. The highest BCUT2D eigenvalue weighted by Gasteiger charge is 2.22. The number of sulfonamides is 1. The number of carbonyl (C=O) groups is 2. The number of nitrogens with one attached hydrogen (secondary N) is 2. The number of rotatable bonds is 6. The molecule has 0 fully saturated rings. The predicted molar refractivity (Wildman–Crippen MR) is 79.3 cm³/mol. The number of hydrogen-bond acceptors (Lipinski definition) is 5. The Morgan fingerprint density at radius 2 is 2.00 bits per heavy atom. The fourth-order valence-corrected chi connectivity index (χ4v) is 3.06. The van der Waals surface area contributed by atoms with Gasteiger partial charge in [-0.1, -0.05) is 6.92 Å². The molecule has 0 bridgehead atoms. The van der Waals surface area contributed by atoms with Crippen LogP contribution in [0, 0.1) is 11.7 Å². The number of hydrogen-bond donors (Lipinski definition) is 2. The Bertz CT molecular complexity index is 675. The van der Waals surface area contributed by atoms with Crippen molar-refractivity contribution in [3.63, 3.8) is 0 Å². The molecular weight excluding hydrogens is 315 g/mol. The van der Waals surface area contributed by atoms with Gasteiger partial charge >= 0.3 is 5.97 Å². The second-order valence-corrected chi connectivity index (χ2v) is 6.45. The van der Waals surface area contributed by atoms with Crippen molar-refractivity contribution in [2.75, 3.05) is 22.9 Å². The van der Waals surface area contributed by atoms with Gasteiger partial charge < -0.3 is 10.1 Å². The molecule has 0 heterocycles. The molecule has 1 amide bonds. The number of ether oxygens (including phenoxy) is 1. The van der Waals surface area contributed by atoms with Gasteiger partial charge in [0.05, 0.1) is 30.2 Å². The van der Waals surface area contributed by atoms with Crippen LogP contribution >= 0.6 is 0 Å². The van der Waals surface area contributed by atoms with Gasteiger partial charge in [0.1, 0.15) is 5.82 Å². The van der Waals surface area contributed by atoms with Gasteiger partial charge in [0.15, 0.2) is 0 Å². The van der Waals surface area contributed by atoms with Gasteiger partial charge in [-0.25, -0.2) is 12.8 Å². The lowest BCUT2D eigenvalue weighted by atomic mass is 10.2. The average Bonchev–Trinajstić information content (AvgIpc) is 2.40. The summed E-state index contributed by atoms with van der Waals surface area (Å²) in [5.74, 6) is -3.16. The fraction of sp³-hybridized carbons (Fsp3) is 0.385. The van der Waals surface area contributed by atoms with Crippen LogP contribution in [0.2, 0.25) is 0 Å². The SMILES string of the molecule is COC(=O)C(C)CS(=O)(=O)Nc1ccc(F)c(NC(C)=O)c1. The maximum Gasteiger partial charge on any atom is 0.309 e. The Morgan fingerprint density at radius 3 is 2.55 bits per heavy atom. The van der Waals surface area contributed by atoms with E-state index in [0.29, 0.717) is 0 Å². The summed E-state index contributed by atoms with van der Waals surface area (Å²) in [6.45, 7) is 2.62. The summed E-state index contributed by atoms with van der Waals surface area (Å²) >= 11 is 0. The summed E-state index contributed by atoms with van der Waals surface area (Å²) < 4.78 is 44.0. The molecule has 0 aliphatic rings. The van der Waals surface area contributed by atoms with Crippen molar-refractivity contribution >= 4 is 33.3 Å². The standard InChI is InChI=1S/C13H17FN2O5S/c1-8(13(18)21-3)7-22(19,20)16-10-4-5-11(14)12(6-10)15-9(2)17/h4-6,8,16H,7H2,1-3H3,(H,15,17). The van der Waals surface area contributed by atoms with Crippen molar-refractivity contribution in [3.05, 3.63) is 24.0 Å². The summed E-state index contributed by atoms with van der Waals surface area (Å²) in [5, 5.41) is 2.24. The van der Waals surface area contributed by atoms with E-state index < -0.39 is 39.4 Å². The zero-order chi connectivity index (χ0) is 16.9. The van der Waals surface area contributed by atoms with Gasteiger partial charge in [-0.3, -0.25) is 14.3 Å². The smallest absolute Gasteiger partial charge is 0.309 e. The molecule has 0 aliphatic heterocycles. The molecule has 0 saturated heterocycles. The Labute approximate surface area is 127 Å². The third kappa shape index (κ3) is 5.32. The first-order valence-corrected chi connectivity index (χ1v) is 7.95. The van der Waals surface area contributed by atoms with Gasteiger partial charge in [0.25, 0.3) is 0 Å². The molecule has 0 saturated carbocycles. The normalized spacial score (nSPS) is 12.4. The number of benzene rings is 1. The van der Waals surface area contributed by atoms with Crippen molar-refractivity contribution in [1.82, 2.24) is 0 Å². The van der Waals surface area contributed by atoms with E-state index >= 15 is 0 Å². The van der Waals surface area contributed by atoms with Crippen LogP contribution in [0.1, 0.15) is 13.8 Å². The maximum atomic E-state index is 13.5. The highest BCUT2D eigenvalue weighted by atomic mass is 32.2. The molecule has 2 N–H and O–H groups in total. The average molecular weight is 332 g/mol. The summed E-state index contributed by atoms with van der Waals surface area (Å²) in [7, 11) is -2.67. The molecule has 0 spiro atoms. The highest BCUT2D eigenvalue weighted by molar-refractivity contribution is 7.92. The molecule has 9 heteroatoms. The van der Waals surface area contributed by atoms with Crippen LogP contribution < -0.4 is 10.0 Å². The minimum atomic E-state index is -3.83. The van der Waals surface area contributed by atoms with Crippen LogP contribution in [0.4, 0.5) is 15.8 Å². The van der Waals surface area contributed by atoms with Crippen molar-refractivity contribution < 1.29 is 27.1 Å². The molecule has 1 aromatic rings. The first-order valence-electron chi connectivity index (χ1n) is 6.30. The largest absolute Gasteiger partial charge is 0.469 e. The molecular formula is C13H17FN2O5S. The molecule has 1 aromatic carbocycles. The lowest BCUT2D eigenvalue weighted by Crippen LogP contribution is -2.26. The van der Waals surface area contributed by atoms with Gasteiger partial charge in [0, 0.05) is 6.92 Å². The summed E-state index contributed by atoms with van der Waals surface area (Å²) in [4.78, 5) is 22.2. The Balaban J connectivity index is 2.89. The number of halogens is 1. The van der Waals surface area contributed by atoms with Gasteiger partial charge in [0.2, 0.25) is 15.9 Å². The first kappa shape index (κ1) is 17.9. The maximum absolute atomic E-state index is 13.5. The monoisotopic (exact) mass is 332 g/mol. The van der Waals surface area contributed by atoms with Crippen LogP contribution in [-0.2, 0) is 24.3 Å². The Hall–Kier alpha value is -2.16. The minimum absolute atomic E-state index is 0.0715. The van der Waals surface area contributed by atoms with Crippen LogP contribution in [0.5, 0.6) is 0 Å². The van der Waals surface area contributed by atoms with Gasteiger partial charge in [-0.2, -0.15) is 0 Å². The third-order valence-corrected chi connectivity index (χ3v) is 4.11. The molecule has 1 rings (SSSR count). The molecule has 1 atom stereocenters. The Kier molecular flexibility index (Phi) is 5.86. The van der Waals surface area contributed by atoms with Crippen molar-refractivity contribution in [3.8, 4) is 0 Å². The van der Waals surface area contributed by atoms with E-state index in [9.17, 15) is 22.4 Å². The number of esters is 1. The van der Waals surface area contributed by atoms with Crippen molar-refractivity contribution in [2.45, 2.75) is 13.8 Å². The topological polar surface area (TPSA) is 102 Å².